The monoisotopic (exact) mass is 182 g/mol. The minimum Gasteiger partial charge on any atom is -0.313 e. The van der Waals surface area contributed by atoms with E-state index in [1.807, 2.05) is 7.05 Å². The Bertz CT molecular complexity index is 207. The lowest BCUT2D eigenvalue weighted by atomic mass is 10.0. The van der Waals surface area contributed by atoms with Crippen LogP contribution in [0, 0.1) is 0 Å². The van der Waals surface area contributed by atoms with Crippen LogP contribution in [0.15, 0.2) is 0 Å². The van der Waals surface area contributed by atoms with Crippen LogP contribution >= 0.6 is 0 Å². The van der Waals surface area contributed by atoms with E-state index in [0.717, 1.165) is 32.5 Å². The molecule has 1 aliphatic heterocycles. The zero-order valence-electron chi connectivity index (χ0n) is 7.97. The summed E-state index contributed by atoms with van der Waals surface area (Å²) < 4.78 is 0. The molecule has 0 aromatic carbocycles. The number of ketones is 1. The lowest BCUT2D eigenvalue weighted by Crippen LogP contribution is -2.54. The number of piperazine rings is 1. The zero-order valence-corrected chi connectivity index (χ0v) is 7.97. The van der Waals surface area contributed by atoms with Gasteiger partial charge in [-0.1, -0.05) is 0 Å². The number of rotatable bonds is 3. The number of nitrogens with one attached hydrogen (secondary N) is 2. The molecule has 0 bridgehead atoms. The van der Waals surface area contributed by atoms with E-state index in [-0.39, 0.29) is 17.4 Å². The first-order chi connectivity index (χ1) is 6.28. The van der Waals surface area contributed by atoms with E-state index in [9.17, 15) is 4.79 Å². The Kier molecular flexibility index (Phi) is 2.36. The maximum Gasteiger partial charge on any atom is 0.172 e. The third-order valence-corrected chi connectivity index (χ3v) is 2.98. The Morgan fingerprint density at radius 1 is 1.62 bits per heavy atom. The van der Waals surface area contributed by atoms with Gasteiger partial charge in [-0.05, 0) is 19.9 Å². The van der Waals surface area contributed by atoms with Crippen LogP contribution in [0.3, 0.4) is 0 Å². The number of hydrogen-bond donors (Lipinski definition) is 2. The molecular weight excluding hydrogens is 166 g/mol. The lowest BCUT2D eigenvalue weighted by Gasteiger charge is -2.25. The fourth-order valence-corrected chi connectivity index (χ4v) is 1.84. The van der Waals surface area contributed by atoms with Crippen LogP contribution in [0.25, 0.3) is 0 Å². The summed E-state index contributed by atoms with van der Waals surface area (Å²) in [6, 6.07) is -0.108. The number of hydrogen-bond acceptors (Lipinski definition) is 3. The maximum absolute atomic E-state index is 11.9. The topological polar surface area (TPSA) is 55.2 Å². The van der Waals surface area contributed by atoms with Crippen molar-refractivity contribution < 1.29 is 4.79 Å². The zero-order chi connectivity index (χ0) is 9.31. The summed E-state index contributed by atoms with van der Waals surface area (Å²) in [7, 11) is 1.86. The van der Waals surface area contributed by atoms with Gasteiger partial charge in [-0.2, -0.15) is 0 Å². The molecule has 0 spiro atoms. The Hall–Kier alpha value is -0.450. The first-order valence-electron chi connectivity index (χ1n) is 4.89. The second-order valence-electron chi connectivity index (χ2n) is 3.82. The summed E-state index contributed by atoms with van der Waals surface area (Å²) in [6.07, 6.45) is 1.96. The molecule has 1 aliphatic carbocycles. The van der Waals surface area contributed by atoms with Crippen molar-refractivity contribution in [2.24, 2.45) is 0 Å². The van der Waals surface area contributed by atoms with Crippen LogP contribution in [0.2, 0.25) is 0 Å². The van der Waals surface area contributed by atoms with Gasteiger partial charge in [-0.25, -0.2) is 5.32 Å². The molecule has 4 nitrogen and oxygen atoms in total. The molecule has 0 aromatic heterocycles. The van der Waals surface area contributed by atoms with E-state index in [0.29, 0.717) is 0 Å². The number of likely N-dealkylation sites (N-methyl/N-ethyl adjacent to an activating group) is 1. The molecule has 2 fully saturated rings. The Balaban J connectivity index is 1.95. The molecule has 2 rings (SSSR count). The van der Waals surface area contributed by atoms with Gasteiger partial charge in [0.05, 0.1) is 11.6 Å². The average molecular weight is 182 g/mol. The minimum absolute atomic E-state index is 0.108. The third kappa shape index (κ3) is 1.61. The number of Topliss-reactive ketones (excluding diaryl/α,β-unsaturated/α-hetero) is 1. The number of carbonyl (C=O) groups excluding carboxylic acids is 1. The van der Waals surface area contributed by atoms with Gasteiger partial charge in [-0.3, -0.25) is 4.79 Å². The van der Waals surface area contributed by atoms with Gasteiger partial charge in [0.25, 0.3) is 0 Å². The van der Waals surface area contributed by atoms with Crippen molar-refractivity contribution in [1.29, 1.82) is 0 Å². The summed E-state index contributed by atoms with van der Waals surface area (Å²) >= 11 is 0. The largest absolute Gasteiger partial charge is 0.313 e. The van der Waals surface area contributed by atoms with Gasteiger partial charge >= 0.3 is 0 Å². The van der Waals surface area contributed by atoms with Crippen molar-refractivity contribution in [2.45, 2.75) is 24.4 Å². The molecule has 1 saturated carbocycles. The van der Waals surface area contributed by atoms with E-state index in [4.69, 9.17) is 0 Å². The van der Waals surface area contributed by atoms with E-state index in [1.54, 1.807) is 0 Å². The van der Waals surface area contributed by atoms with Crippen LogP contribution in [0.5, 0.6) is 0 Å². The molecule has 73 valence electrons. The van der Waals surface area contributed by atoms with E-state index in [1.165, 1.54) is 0 Å². The minimum atomic E-state index is -0.215. The van der Waals surface area contributed by atoms with E-state index < -0.39 is 0 Å². The molecule has 1 atom stereocenters. The van der Waals surface area contributed by atoms with Crippen LogP contribution < -0.4 is 16.0 Å². The molecule has 1 radical (unpaired) electrons. The van der Waals surface area contributed by atoms with Crippen molar-refractivity contribution in [1.82, 2.24) is 16.0 Å². The van der Waals surface area contributed by atoms with Crippen molar-refractivity contribution in [3.63, 3.8) is 0 Å². The van der Waals surface area contributed by atoms with Crippen LogP contribution in [0.4, 0.5) is 0 Å². The van der Waals surface area contributed by atoms with Crippen LogP contribution in [0.1, 0.15) is 12.8 Å². The normalized spacial score (nSPS) is 31.3. The van der Waals surface area contributed by atoms with Gasteiger partial charge in [0.2, 0.25) is 0 Å². The Labute approximate surface area is 78.5 Å². The first-order valence-corrected chi connectivity index (χ1v) is 4.89. The standard InChI is InChI=1S/C9H16N3O/c1-10-9(2-3-9)8(13)7-6-11-4-5-12-7/h7,10-11H,2-6H2,1H3. The van der Waals surface area contributed by atoms with Gasteiger partial charge in [-0.15, -0.1) is 0 Å². The second-order valence-corrected chi connectivity index (χ2v) is 3.82. The molecule has 4 heteroatoms. The summed E-state index contributed by atoms with van der Waals surface area (Å²) in [5, 5.41) is 10.6. The SMILES string of the molecule is CNC1(C(=O)C2CNCC[N]2)CC1. The Morgan fingerprint density at radius 3 is 2.85 bits per heavy atom. The smallest absolute Gasteiger partial charge is 0.172 e. The second kappa shape index (κ2) is 3.36. The molecule has 0 aromatic rings. The number of nitrogens with zero attached hydrogens (tertiary/aromatic N) is 1. The highest BCUT2D eigenvalue weighted by atomic mass is 16.1. The molecular formula is C9H16N3O. The van der Waals surface area contributed by atoms with Crippen molar-refractivity contribution in [3.8, 4) is 0 Å². The van der Waals surface area contributed by atoms with Crippen LogP contribution in [-0.4, -0.2) is 44.0 Å². The highest BCUT2D eigenvalue weighted by Crippen LogP contribution is 2.36. The molecule has 1 saturated heterocycles. The average Bonchev–Trinajstić information content (AvgIpc) is 2.99. The highest BCUT2D eigenvalue weighted by molar-refractivity contribution is 5.95. The Morgan fingerprint density at radius 2 is 2.38 bits per heavy atom. The molecule has 2 N–H and O–H groups in total. The van der Waals surface area contributed by atoms with Gasteiger partial charge in [0.1, 0.15) is 0 Å². The predicted octanol–water partition coefficient (Wildman–Crippen LogP) is -1.12. The quantitative estimate of drug-likeness (QED) is 0.581. The highest BCUT2D eigenvalue weighted by Gasteiger charge is 2.50. The third-order valence-electron chi connectivity index (χ3n) is 2.98. The maximum atomic E-state index is 11.9. The van der Waals surface area contributed by atoms with Gasteiger partial charge in [0, 0.05) is 19.6 Å². The van der Waals surface area contributed by atoms with Crippen molar-refractivity contribution in [3.05, 3.63) is 0 Å². The summed E-state index contributed by atoms with van der Waals surface area (Å²) in [5.74, 6) is 0.280. The fraction of sp³-hybridized carbons (Fsp3) is 0.889. The van der Waals surface area contributed by atoms with E-state index >= 15 is 0 Å². The fourth-order valence-electron chi connectivity index (χ4n) is 1.84. The van der Waals surface area contributed by atoms with Crippen LogP contribution in [-0.2, 0) is 4.79 Å². The van der Waals surface area contributed by atoms with Crippen molar-refractivity contribution >= 4 is 5.78 Å². The lowest BCUT2D eigenvalue weighted by molar-refractivity contribution is -0.124. The summed E-state index contributed by atoms with van der Waals surface area (Å²) in [5.41, 5.74) is -0.215. The molecule has 1 heterocycles. The van der Waals surface area contributed by atoms with E-state index in [2.05, 4.69) is 16.0 Å². The number of carbonyl (C=O) groups is 1. The van der Waals surface area contributed by atoms with Gasteiger partial charge in [0.15, 0.2) is 5.78 Å². The molecule has 13 heavy (non-hydrogen) atoms. The molecule has 2 aliphatic rings. The first kappa shape index (κ1) is 9.12. The van der Waals surface area contributed by atoms with Crippen molar-refractivity contribution in [2.75, 3.05) is 26.7 Å². The molecule has 0 amide bonds. The molecule has 1 unspecified atom stereocenters. The summed E-state index contributed by atoms with van der Waals surface area (Å²) in [6.45, 7) is 2.41. The summed E-state index contributed by atoms with van der Waals surface area (Å²) in [4.78, 5) is 11.9. The van der Waals surface area contributed by atoms with Gasteiger partial charge < -0.3 is 10.6 Å². The predicted molar refractivity (Wildman–Crippen MR) is 49.7 cm³/mol.